The van der Waals surface area contributed by atoms with Crippen molar-refractivity contribution >= 4 is 17.5 Å². The van der Waals surface area contributed by atoms with E-state index in [9.17, 15) is 4.79 Å². The highest BCUT2D eigenvalue weighted by Crippen LogP contribution is 2.24. The first kappa shape index (κ1) is 16.1. The van der Waals surface area contributed by atoms with E-state index in [1.165, 1.54) is 10.6 Å². The Morgan fingerprint density at radius 3 is 3.04 bits per heavy atom. The van der Waals surface area contributed by atoms with Crippen LogP contribution in [0.15, 0.2) is 42.6 Å². The Morgan fingerprint density at radius 2 is 2.26 bits per heavy atom. The lowest BCUT2D eigenvalue weighted by atomic mass is 10.00. The van der Waals surface area contributed by atoms with Crippen LogP contribution in [0.5, 0.6) is 0 Å². The second-order valence-corrected chi connectivity index (χ2v) is 6.49. The van der Waals surface area contributed by atoms with Gasteiger partial charge in [0, 0.05) is 23.3 Å². The average molecular weight is 333 g/mol. The quantitative estimate of drug-likeness (QED) is 0.858. The van der Waals surface area contributed by atoms with E-state index in [2.05, 4.69) is 41.2 Å². The molecule has 0 aliphatic carbocycles. The molecule has 2 atom stereocenters. The van der Waals surface area contributed by atoms with Gasteiger partial charge in [-0.05, 0) is 30.7 Å². The average Bonchev–Trinajstić information content (AvgIpc) is 3.01. The lowest BCUT2D eigenvalue weighted by Crippen LogP contribution is -3.14. The molecule has 0 spiro atoms. The maximum atomic E-state index is 12.2. The van der Waals surface area contributed by atoms with E-state index in [0.717, 1.165) is 36.6 Å². The van der Waals surface area contributed by atoms with E-state index in [0.29, 0.717) is 6.54 Å². The molecule has 1 aromatic heterocycles. The molecule has 23 heavy (non-hydrogen) atoms. The first-order valence-electron chi connectivity index (χ1n) is 8.21. The van der Waals surface area contributed by atoms with Crippen molar-refractivity contribution in [1.82, 2.24) is 9.88 Å². The molecule has 3 rings (SSSR count). The molecule has 1 aromatic carbocycles. The number of rotatable bonds is 5. The van der Waals surface area contributed by atoms with Crippen molar-refractivity contribution in [3.8, 4) is 0 Å². The fraction of sp³-hybridized carbons (Fsp3) is 0.389. The lowest BCUT2D eigenvalue weighted by molar-refractivity contribution is -0.922. The van der Waals surface area contributed by atoms with Crippen LogP contribution in [0.4, 0.5) is 0 Å². The molecule has 4 nitrogen and oxygen atoms in total. The number of nitrogens with zero attached hydrogens (tertiary/aromatic N) is 1. The Hall–Kier alpha value is -1.78. The van der Waals surface area contributed by atoms with Crippen LogP contribution in [-0.4, -0.2) is 30.1 Å². The summed E-state index contributed by atoms with van der Waals surface area (Å²) in [6, 6.07) is 12.4. The summed E-state index contributed by atoms with van der Waals surface area (Å²) in [7, 11) is 0. The Kier molecular flexibility index (Phi) is 5.03. The molecular formula is C18H23ClN3O+. The molecule has 1 aliphatic heterocycles. The minimum absolute atomic E-state index is 0.119. The maximum absolute atomic E-state index is 12.2. The van der Waals surface area contributed by atoms with Crippen LogP contribution in [0.3, 0.4) is 0 Å². The van der Waals surface area contributed by atoms with Crippen molar-refractivity contribution in [1.29, 1.82) is 0 Å². The van der Waals surface area contributed by atoms with Gasteiger partial charge in [0.1, 0.15) is 0 Å². The van der Waals surface area contributed by atoms with E-state index in [1.807, 2.05) is 18.2 Å². The van der Waals surface area contributed by atoms with Crippen LogP contribution in [0, 0.1) is 0 Å². The number of nitrogens with one attached hydrogen (secondary N) is 2. The fourth-order valence-electron chi connectivity index (χ4n) is 3.33. The van der Waals surface area contributed by atoms with Crippen molar-refractivity contribution < 1.29 is 9.69 Å². The van der Waals surface area contributed by atoms with Crippen molar-refractivity contribution in [3.63, 3.8) is 0 Å². The summed E-state index contributed by atoms with van der Waals surface area (Å²) in [5, 5.41) is 3.73. The number of carbonyl (C=O) groups is 1. The zero-order valence-corrected chi connectivity index (χ0v) is 14.1. The number of benzene rings is 1. The van der Waals surface area contributed by atoms with Crippen LogP contribution < -0.4 is 10.2 Å². The number of aromatic nitrogens is 1. The predicted molar refractivity (Wildman–Crippen MR) is 91.7 cm³/mol. The molecule has 1 aliphatic rings. The predicted octanol–water partition coefficient (Wildman–Crippen LogP) is 1.66. The van der Waals surface area contributed by atoms with Gasteiger partial charge in [-0.1, -0.05) is 30.7 Å². The molecule has 0 fully saturated rings. The molecule has 122 valence electrons. The van der Waals surface area contributed by atoms with E-state index >= 15 is 0 Å². The van der Waals surface area contributed by atoms with E-state index in [1.54, 1.807) is 0 Å². The molecule has 2 aromatic rings. The van der Waals surface area contributed by atoms with Gasteiger partial charge in [-0.25, -0.2) is 0 Å². The molecular weight excluding hydrogens is 310 g/mol. The summed E-state index contributed by atoms with van der Waals surface area (Å²) in [6.45, 7) is 5.16. The largest absolute Gasteiger partial charge is 0.351 e. The standard InChI is InChI=1S/C18H22ClN3O/c1-2-8-20-17(23)13-22-11-10-21-9-4-7-16(21)18(22)14-5-3-6-15(19)12-14/h3-7,9,12,18H,2,8,10-11,13H2,1H3,(H,20,23)/p+1/t18-/m1/s1. The van der Waals surface area contributed by atoms with Crippen LogP contribution in [0.1, 0.15) is 30.6 Å². The minimum Gasteiger partial charge on any atom is -0.351 e. The number of fused-ring (bicyclic) bond motifs is 1. The van der Waals surface area contributed by atoms with Gasteiger partial charge in [-0.2, -0.15) is 0 Å². The molecule has 2 N–H and O–H groups in total. The Labute approximate surface area is 142 Å². The summed E-state index contributed by atoms with van der Waals surface area (Å²) in [5.74, 6) is 0.119. The number of halogens is 1. The number of hydrogen-bond acceptors (Lipinski definition) is 1. The monoisotopic (exact) mass is 332 g/mol. The number of carbonyl (C=O) groups excluding carboxylic acids is 1. The minimum atomic E-state index is 0.119. The fourth-order valence-corrected chi connectivity index (χ4v) is 3.53. The van der Waals surface area contributed by atoms with E-state index in [4.69, 9.17) is 11.6 Å². The van der Waals surface area contributed by atoms with Gasteiger partial charge in [0.15, 0.2) is 12.6 Å². The highest BCUT2D eigenvalue weighted by molar-refractivity contribution is 6.30. The highest BCUT2D eigenvalue weighted by Gasteiger charge is 2.33. The number of quaternary nitrogens is 1. The molecule has 1 amide bonds. The van der Waals surface area contributed by atoms with Gasteiger partial charge in [0.2, 0.25) is 0 Å². The summed E-state index contributed by atoms with van der Waals surface area (Å²) < 4.78 is 2.28. The van der Waals surface area contributed by atoms with Gasteiger partial charge in [0.05, 0.1) is 18.8 Å². The Bertz CT molecular complexity index is 682. The highest BCUT2D eigenvalue weighted by atomic mass is 35.5. The van der Waals surface area contributed by atoms with Crippen LogP contribution >= 0.6 is 11.6 Å². The van der Waals surface area contributed by atoms with Crippen molar-refractivity contribution in [2.45, 2.75) is 25.9 Å². The lowest BCUT2D eigenvalue weighted by Gasteiger charge is -2.33. The van der Waals surface area contributed by atoms with Crippen LogP contribution in [0.2, 0.25) is 5.02 Å². The zero-order valence-electron chi connectivity index (χ0n) is 13.4. The second kappa shape index (κ2) is 7.20. The van der Waals surface area contributed by atoms with Gasteiger partial charge < -0.3 is 14.8 Å². The van der Waals surface area contributed by atoms with Gasteiger partial charge >= 0.3 is 0 Å². The SMILES string of the molecule is CCCNC(=O)C[NH+]1CCn2cccc2[C@H]1c1cccc(Cl)c1. The first-order valence-corrected chi connectivity index (χ1v) is 8.58. The molecule has 0 bridgehead atoms. The topological polar surface area (TPSA) is 38.5 Å². The summed E-state index contributed by atoms with van der Waals surface area (Å²) in [6.07, 6.45) is 3.07. The molecule has 0 saturated heterocycles. The van der Waals surface area contributed by atoms with Crippen molar-refractivity contribution in [3.05, 3.63) is 58.9 Å². The molecule has 1 unspecified atom stereocenters. The van der Waals surface area contributed by atoms with Crippen LogP contribution in [-0.2, 0) is 11.3 Å². The smallest absolute Gasteiger partial charge is 0.275 e. The van der Waals surface area contributed by atoms with Crippen molar-refractivity contribution in [2.24, 2.45) is 0 Å². The third-order valence-corrected chi connectivity index (χ3v) is 4.62. The first-order chi connectivity index (χ1) is 11.2. The normalized spacial score (nSPS) is 20.1. The van der Waals surface area contributed by atoms with E-state index in [-0.39, 0.29) is 11.9 Å². The van der Waals surface area contributed by atoms with Crippen LogP contribution in [0.25, 0.3) is 0 Å². The Morgan fingerprint density at radius 1 is 1.39 bits per heavy atom. The van der Waals surface area contributed by atoms with Gasteiger partial charge in [0.25, 0.3) is 5.91 Å². The second-order valence-electron chi connectivity index (χ2n) is 6.05. The molecule has 0 radical (unpaired) electrons. The summed E-state index contributed by atoms with van der Waals surface area (Å²) >= 11 is 6.19. The number of hydrogen-bond donors (Lipinski definition) is 2. The third kappa shape index (κ3) is 3.59. The van der Waals surface area contributed by atoms with Gasteiger partial charge in [-0.15, -0.1) is 0 Å². The van der Waals surface area contributed by atoms with Crippen molar-refractivity contribution in [2.75, 3.05) is 19.6 Å². The Balaban J connectivity index is 1.88. The zero-order chi connectivity index (χ0) is 16.2. The van der Waals surface area contributed by atoms with E-state index < -0.39 is 0 Å². The van der Waals surface area contributed by atoms with Gasteiger partial charge in [-0.3, -0.25) is 4.79 Å². The summed E-state index contributed by atoms with van der Waals surface area (Å²) in [4.78, 5) is 13.5. The summed E-state index contributed by atoms with van der Waals surface area (Å²) in [5.41, 5.74) is 2.41. The molecule has 5 heteroatoms. The third-order valence-electron chi connectivity index (χ3n) is 4.38. The molecule has 0 saturated carbocycles. The maximum Gasteiger partial charge on any atom is 0.275 e. The number of amides is 1. The molecule has 2 heterocycles.